The summed E-state index contributed by atoms with van der Waals surface area (Å²) in [4.78, 5) is 26.0. The second kappa shape index (κ2) is 4.30. The number of rotatable bonds is 3. The molecule has 0 aliphatic rings. The van der Waals surface area contributed by atoms with Crippen molar-refractivity contribution in [2.24, 2.45) is 7.05 Å². The van der Waals surface area contributed by atoms with E-state index < -0.39 is 4.92 Å². The summed E-state index contributed by atoms with van der Waals surface area (Å²) in [5, 5.41) is 14.7. The predicted molar refractivity (Wildman–Crippen MR) is 68.4 cm³/mol. The fourth-order valence-corrected chi connectivity index (χ4v) is 1.94. The van der Waals surface area contributed by atoms with E-state index >= 15 is 0 Å². The van der Waals surface area contributed by atoms with Gasteiger partial charge in [0.2, 0.25) is 0 Å². The van der Waals surface area contributed by atoms with Gasteiger partial charge in [0.1, 0.15) is 6.20 Å². The van der Waals surface area contributed by atoms with Crippen LogP contribution in [0.1, 0.15) is 5.69 Å². The SMILES string of the molecule is Cn1nccc1Cn1ccn2cc([N+](=O)[O-])nc2c1=O. The molecule has 0 unspecified atom stereocenters. The van der Waals surface area contributed by atoms with Crippen LogP contribution in [0, 0.1) is 10.1 Å². The number of hydrogen-bond donors (Lipinski definition) is 0. The van der Waals surface area contributed by atoms with Crippen LogP contribution in [0.25, 0.3) is 5.65 Å². The lowest BCUT2D eigenvalue weighted by Gasteiger charge is -2.04. The van der Waals surface area contributed by atoms with Crippen LogP contribution < -0.4 is 5.56 Å². The highest BCUT2D eigenvalue weighted by Crippen LogP contribution is 2.09. The minimum absolute atomic E-state index is 0.0290. The number of aromatic nitrogens is 5. The highest BCUT2D eigenvalue weighted by molar-refractivity contribution is 5.41. The molecule has 0 spiro atoms. The van der Waals surface area contributed by atoms with Gasteiger partial charge in [0.15, 0.2) is 0 Å². The standard InChI is InChI=1S/C11H10N6O3/c1-14-8(2-3-12-14)6-16-5-4-15-7-9(17(19)20)13-10(15)11(16)18/h2-5,7H,6H2,1H3. The maximum Gasteiger partial charge on any atom is 0.382 e. The highest BCUT2D eigenvalue weighted by atomic mass is 16.6. The van der Waals surface area contributed by atoms with Crippen LogP contribution >= 0.6 is 0 Å². The number of hydrogen-bond acceptors (Lipinski definition) is 5. The van der Waals surface area contributed by atoms with Gasteiger partial charge in [-0.2, -0.15) is 5.10 Å². The third-order valence-corrected chi connectivity index (χ3v) is 3.02. The molecule has 9 nitrogen and oxygen atoms in total. The van der Waals surface area contributed by atoms with Gasteiger partial charge in [-0.15, -0.1) is 0 Å². The normalized spacial score (nSPS) is 11.1. The Morgan fingerprint density at radius 1 is 1.40 bits per heavy atom. The van der Waals surface area contributed by atoms with Gasteiger partial charge in [-0.3, -0.25) is 13.9 Å². The fraction of sp³-hybridized carbons (Fsp3) is 0.182. The van der Waals surface area contributed by atoms with Crippen molar-refractivity contribution in [1.82, 2.24) is 23.7 Å². The molecule has 0 amide bonds. The van der Waals surface area contributed by atoms with Crippen LogP contribution in [-0.4, -0.2) is 28.7 Å². The molecule has 0 saturated carbocycles. The summed E-state index contributed by atoms with van der Waals surface area (Å²) in [5.74, 6) is -0.347. The molecule has 102 valence electrons. The topological polar surface area (TPSA) is 100 Å². The monoisotopic (exact) mass is 274 g/mol. The highest BCUT2D eigenvalue weighted by Gasteiger charge is 2.17. The van der Waals surface area contributed by atoms with E-state index in [0.29, 0.717) is 6.54 Å². The molecule has 0 saturated heterocycles. The summed E-state index contributed by atoms with van der Waals surface area (Å²) in [7, 11) is 1.78. The maximum atomic E-state index is 12.2. The van der Waals surface area contributed by atoms with Crippen molar-refractivity contribution >= 4 is 11.5 Å². The van der Waals surface area contributed by atoms with Crippen molar-refractivity contribution in [3.05, 3.63) is 57.0 Å². The molecule has 0 bridgehead atoms. The van der Waals surface area contributed by atoms with E-state index in [-0.39, 0.29) is 17.0 Å². The Bertz CT molecular complexity index is 859. The molecule has 0 fully saturated rings. The molecule has 20 heavy (non-hydrogen) atoms. The van der Waals surface area contributed by atoms with E-state index in [1.54, 1.807) is 36.4 Å². The van der Waals surface area contributed by atoms with E-state index in [9.17, 15) is 14.9 Å². The van der Waals surface area contributed by atoms with Gasteiger partial charge < -0.3 is 14.7 Å². The molecule has 0 aliphatic heterocycles. The third-order valence-electron chi connectivity index (χ3n) is 3.02. The first-order valence-corrected chi connectivity index (χ1v) is 5.75. The van der Waals surface area contributed by atoms with Crippen molar-refractivity contribution in [3.63, 3.8) is 0 Å². The average molecular weight is 274 g/mol. The number of nitro groups is 1. The zero-order valence-electron chi connectivity index (χ0n) is 10.5. The van der Waals surface area contributed by atoms with Crippen LogP contribution in [0.3, 0.4) is 0 Å². The summed E-state index contributed by atoms with van der Waals surface area (Å²) >= 11 is 0. The van der Waals surface area contributed by atoms with Gasteiger partial charge in [0, 0.05) is 25.6 Å². The number of imidazole rings is 1. The van der Waals surface area contributed by atoms with E-state index in [4.69, 9.17) is 0 Å². The van der Waals surface area contributed by atoms with Crippen LogP contribution in [-0.2, 0) is 13.6 Å². The first-order valence-electron chi connectivity index (χ1n) is 5.75. The minimum Gasteiger partial charge on any atom is -0.358 e. The molecule has 0 atom stereocenters. The smallest absolute Gasteiger partial charge is 0.358 e. The van der Waals surface area contributed by atoms with Crippen molar-refractivity contribution in [1.29, 1.82) is 0 Å². The van der Waals surface area contributed by atoms with Crippen LogP contribution in [0.15, 0.2) is 35.6 Å². The Morgan fingerprint density at radius 2 is 2.20 bits per heavy atom. The number of aryl methyl sites for hydroxylation is 1. The summed E-state index contributed by atoms with van der Waals surface area (Å²) in [6.45, 7) is 0.326. The Balaban J connectivity index is 2.09. The molecule has 0 aromatic carbocycles. The number of nitrogens with zero attached hydrogens (tertiary/aromatic N) is 6. The quantitative estimate of drug-likeness (QED) is 0.501. The molecule has 3 heterocycles. The summed E-state index contributed by atoms with van der Waals surface area (Å²) < 4.78 is 4.44. The molecule has 0 radical (unpaired) electrons. The molecular weight excluding hydrogens is 264 g/mol. The first-order chi connectivity index (χ1) is 9.56. The van der Waals surface area contributed by atoms with Gasteiger partial charge in [0.05, 0.1) is 12.2 Å². The summed E-state index contributed by atoms with van der Waals surface area (Å²) in [6, 6.07) is 1.80. The lowest BCUT2D eigenvalue weighted by Crippen LogP contribution is -2.23. The van der Waals surface area contributed by atoms with Crippen molar-refractivity contribution in [2.75, 3.05) is 0 Å². The van der Waals surface area contributed by atoms with Gasteiger partial charge in [-0.25, -0.2) is 0 Å². The zero-order chi connectivity index (χ0) is 14.3. The predicted octanol–water partition coefficient (Wildman–Crippen LogP) is 0.186. The van der Waals surface area contributed by atoms with E-state index in [1.807, 2.05) is 0 Å². The zero-order valence-corrected chi connectivity index (χ0v) is 10.5. The Labute approximate surface area is 111 Å². The largest absolute Gasteiger partial charge is 0.382 e. The van der Waals surface area contributed by atoms with E-state index in [1.165, 1.54) is 15.2 Å². The van der Waals surface area contributed by atoms with E-state index in [0.717, 1.165) is 5.69 Å². The van der Waals surface area contributed by atoms with Crippen molar-refractivity contribution < 1.29 is 4.92 Å². The average Bonchev–Trinajstić information content (AvgIpc) is 3.00. The van der Waals surface area contributed by atoms with Gasteiger partial charge in [-0.05, 0) is 16.0 Å². The second-order valence-electron chi connectivity index (χ2n) is 4.26. The van der Waals surface area contributed by atoms with Crippen LogP contribution in [0.5, 0.6) is 0 Å². The Morgan fingerprint density at radius 3 is 2.85 bits per heavy atom. The van der Waals surface area contributed by atoms with Crippen molar-refractivity contribution in [2.45, 2.75) is 6.54 Å². The lowest BCUT2D eigenvalue weighted by atomic mass is 10.4. The molecule has 0 aliphatic carbocycles. The molecular formula is C11H10N6O3. The molecule has 3 rings (SSSR count). The second-order valence-corrected chi connectivity index (χ2v) is 4.26. The molecule has 3 aromatic rings. The number of fused-ring (bicyclic) bond motifs is 1. The summed E-state index contributed by atoms with van der Waals surface area (Å²) in [6.07, 6.45) is 5.98. The van der Waals surface area contributed by atoms with Gasteiger partial charge in [-0.1, -0.05) is 0 Å². The van der Waals surface area contributed by atoms with Crippen LogP contribution in [0.4, 0.5) is 5.82 Å². The molecule has 0 N–H and O–H groups in total. The maximum absolute atomic E-state index is 12.2. The third kappa shape index (κ3) is 1.85. The molecule has 3 aromatic heterocycles. The first kappa shape index (κ1) is 12.1. The minimum atomic E-state index is -0.627. The van der Waals surface area contributed by atoms with Crippen LogP contribution in [0.2, 0.25) is 0 Å². The van der Waals surface area contributed by atoms with Gasteiger partial charge in [0.25, 0.3) is 0 Å². The van der Waals surface area contributed by atoms with Gasteiger partial charge >= 0.3 is 17.0 Å². The summed E-state index contributed by atoms with van der Waals surface area (Å²) in [5.41, 5.74) is 0.487. The fourth-order valence-electron chi connectivity index (χ4n) is 1.94. The Kier molecular flexibility index (Phi) is 2.60. The lowest BCUT2D eigenvalue weighted by molar-refractivity contribution is -0.389. The molecule has 9 heteroatoms. The Hall–Kier alpha value is -2.97. The van der Waals surface area contributed by atoms with E-state index in [2.05, 4.69) is 10.1 Å². The van der Waals surface area contributed by atoms with Crippen molar-refractivity contribution in [3.8, 4) is 0 Å².